The molecule has 1 unspecified atom stereocenters. The minimum absolute atomic E-state index is 0.0752. The second-order valence-electron chi connectivity index (χ2n) is 5.31. The lowest BCUT2D eigenvalue weighted by Gasteiger charge is -2.22. The average Bonchev–Trinajstić information content (AvgIpc) is 2.53. The highest BCUT2D eigenvalue weighted by Crippen LogP contribution is 2.22. The molecule has 1 aliphatic rings. The molecular formula is C15H17N3O3. The second-order valence-corrected chi connectivity index (χ2v) is 5.31. The fourth-order valence-corrected chi connectivity index (χ4v) is 2.56. The van der Waals surface area contributed by atoms with Gasteiger partial charge in [-0.25, -0.2) is 4.98 Å². The number of hydrogen-bond acceptors (Lipinski definition) is 5. The van der Waals surface area contributed by atoms with E-state index in [2.05, 4.69) is 10.3 Å². The summed E-state index contributed by atoms with van der Waals surface area (Å²) in [6, 6.07) is 8.22. The standard InChI is InChI=1S/C15H17N3O3/c19-18(20)13-4-5-14-12(8-13)3-6-15(17-14)21-10-11-2-1-7-16-9-11/h3-6,8,11,16H,1-2,7,9-10H2. The van der Waals surface area contributed by atoms with Crippen LogP contribution in [0.3, 0.4) is 0 Å². The van der Waals surface area contributed by atoms with Crippen LogP contribution in [0, 0.1) is 16.0 Å². The van der Waals surface area contributed by atoms with Crippen LogP contribution in [0.4, 0.5) is 5.69 Å². The van der Waals surface area contributed by atoms with Crippen molar-refractivity contribution in [3.8, 4) is 5.88 Å². The topological polar surface area (TPSA) is 77.3 Å². The Morgan fingerprint density at radius 1 is 1.38 bits per heavy atom. The van der Waals surface area contributed by atoms with E-state index in [1.807, 2.05) is 6.07 Å². The number of non-ortho nitro benzene ring substituents is 1. The van der Waals surface area contributed by atoms with Gasteiger partial charge in [0.05, 0.1) is 17.0 Å². The summed E-state index contributed by atoms with van der Waals surface area (Å²) in [7, 11) is 0. The molecule has 0 spiro atoms. The number of piperidine rings is 1. The van der Waals surface area contributed by atoms with E-state index >= 15 is 0 Å². The van der Waals surface area contributed by atoms with E-state index in [0.29, 0.717) is 23.9 Å². The van der Waals surface area contributed by atoms with Crippen LogP contribution in [0.5, 0.6) is 5.88 Å². The van der Waals surface area contributed by atoms with E-state index in [1.54, 1.807) is 12.1 Å². The monoisotopic (exact) mass is 287 g/mol. The number of nitro benzene ring substituents is 1. The van der Waals surface area contributed by atoms with Crippen molar-refractivity contribution in [3.63, 3.8) is 0 Å². The van der Waals surface area contributed by atoms with Crippen LogP contribution in [0.1, 0.15) is 12.8 Å². The Balaban J connectivity index is 1.71. The van der Waals surface area contributed by atoms with E-state index in [4.69, 9.17) is 4.74 Å². The Kier molecular flexibility index (Phi) is 3.96. The van der Waals surface area contributed by atoms with Gasteiger partial charge in [0.25, 0.3) is 5.69 Å². The Morgan fingerprint density at radius 3 is 3.05 bits per heavy atom. The highest BCUT2D eigenvalue weighted by molar-refractivity contribution is 5.81. The molecule has 1 N–H and O–H groups in total. The average molecular weight is 287 g/mol. The fourth-order valence-electron chi connectivity index (χ4n) is 2.56. The van der Waals surface area contributed by atoms with E-state index in [-0.39, 0.29) is 5.69 Å². The molecule has 1 aromatic heterocycles. The molecule has 1 atom stereocenters. The highest BCUT2D eigenvalue weighted by atomic mass is 16.6. The largest absolute Gasteiger partial charge is 0.477 e. The Hall–Kier alpha value is -2.21. The zero-order chi connectivity index (χ0) is 14.7. The molecule has 1 saturated heterocycles. The van der Waals surface area contributed by atoms with E-state index < -0.39 is 4.92 Å². The number of nitrogens with one attached hydrogen (secondary N) is 1. The Labute approximate surface area is 122 Å². The molecule has 6 heteroatoms. The van der Waals surface area contributed by atoms with Crippen LogP contribution in [-0.4, -0.2) is 29.6 Å². The maximum Gasteiger partial charge on any atom is 0.270 e. The maximum absolute atomic E-state index is 10.7. The van der Waals surface area contributed by atoms with Crippen molar-refractivity contribution < 1.29 is 9.66 Å². The van der Waals surface area contributed by atoms with Crippen LogP contribution in [0.2, 0.25) is 0 Å². The molecule has 1 aromatic carbocycles. The van der Waals surface area contributed by atoms with Crippen molar-refractivity contribution in [2.75, 3.05) is 19.7 Å². The number of ether oxygens (including phenoxy) is 1. The molecule has 6 nitrogen and oxygen atoms in total. The first kappa shape index (κ1) is 13.8. The van der Waals surface area contributed by atoms with Gasteiger partial charge in [-0.05, 0) is 31.5 Å². The normalized spacial score (nSPS) is 18.6. The van der Waals surface area contributed by atoms with Crippen molar-refractivity contribution in [3.05, 3.63) is 40.4 Å². The third kappa shape index (κ3) is 3.28. The summed E-state index contributed by atoms with van der Waals surface area (Å²) < 4.78 is 5.75. The van der Waals surface area contributed by atoms with Crippen molar-refractivity contribution in [1.29, 1.82) is 0 Å². The lowest BCUT2D eigenvalue weighted by Crippen LogP contribution is -2.33. The smallest absolute Gasteiger partial charge is 0.270 e. The van der Waals surface area contributed by atoms with Gasteiger partial charge in [-0.15, -0.1) is 0 Å². The molecule has 3 rings (SSSR count). The summed E-state index contributed by atoms with van der Waals surface area (Å²) in [5, 5.41) is 14.8. The van der Waals surface area contributed by atoms with Gasteiger partial charge < -0.3 is 10.1 Å². The third-order valence-electron chi connectivity index (χ3n) is 3.72. The number of rotatable bonds is 4. The zero-order valence-electron chi connectivity index (χ0n) is 11.6. The number of fused-ring (bicyclic) bond motifs is 1. The molecule has 2 heterocycles. The van der Waals surface area contributed by atoms with Crippen molar-refractivity contribution in [1.82, 2.24) is 10.3 Å². The highest BCUT2D eigenvalue weighted by Gasteiger charge is 2.14. The van der Waals surface area contributed by atoms with Gasteiger partial charge >= 0.3 is 0 Å². The van der Waals surface area contributed by atoms with Gasteiger partial charge in [-0.3, -0.25) is 10.1 Å². The van der Waals surface area contributed by atoms with Crippen molar-refractivity contribution in [2.24, 2.45) is 5.92 Å². The molecule has 0 radical (unpaired) electrons. The quantitative estimate of drug-likeness (QED) is 0.690. The molecule has 0 amide bonds. The SMILES string of the molecule is O=[N+]([O-])c1ccc2nc(OCC3CCCNC3)ccc2c1. The summed E-state index contributed by atoms with van der Waals surface area (Å²) in [6.07, 6.45) is 2.36. The lowest BCUT2D eigenvalue weighted by molar-refractivity contribution is -0.384. The van der Waals surface area contributed by atoms with Crippen LogP contribution < -0.4 is 10.1 Å². The first-order valence-corrected chi connectivity index (χ1v) is 7.11. The zero-order valence-corrected chi connectivity index (χ0v) is 11.6. The van der Waals surface area contributed by atoms with Gasteiger partial charge in [0, 0.05) is 36.0 Å². The molecule has 21 heavy (non-hydrogen) atoms. The molecule has 2 aromatic rings. The van der Waals surface area contributed by atoms with Gasteiger partial charge in [0.1, 0.15) is 0 Å². The lowest BCUT2D eigenvalue weighted by atomic mass is 10.0. The van der Waals surface area contributed by atoms with E-state index in [0.717, 1.165) is 18.5 Å². The van der Waals surface area contributed by atoms with Crippen molar-refractivity contribution in [2.45, 2.75) is 12.8 Å². The van der Waals surface area contributed by atoms with E-state index in [9.17, 15) is 10.1 Å². The van der Waals surface area contributed by atoms with Gasteiger partial charge in [0.2, 0.25) is 5.88 Å². The minimum atomic E-state index is -0.403. The molecule has 0 saturated carbocycles. The first-order valence-electron chi connectivity index (χ1n) is 7.11. The molecule has 1 aliphatic heterocycles. The van der Waals surface area contributed by atoms with Crippen LogP contribution in [0.15, 0.2) is 30.3 Å². The Bertz CT molecular complexity index is 654. The summed E-state index contributed by atoms with van der Waals surface area (Å²) in [5.74, 6) is 1.09. The molecule has 0 aliphatic carbocycles. The predicted octanol–water partition coefficient (Wildman–Crippen LogP) is 2.52. The van der Waals surface area contributed by atoms with Gasteiger partial charge in [-0.2, -0.15) is 0 Å². The second kappa shape index (κ2) is 6.05. The van der Waals surface area contributed by atoms with Gasteiger partial charge in [0.15, 0.2) is 0 Å². The number of nitro groups is 1. The fraction of sp³-hybridized carbons (Fsp3) is 0.400. The third-order valence-corrected chi connectivity index (χ3v) is 3.72. The van der Waals surface area contributed by atoms with Gasteiger partial charge in [-0.1, -0.05) is 0 Å². The molecule has 0 bridgehead atoms. The minimum Gasteiger partial charge on any atom is -0.477 e. The summed E-state index contributed by atoms with van der Waals surface area (Å²) in [4.78, 5) is 14.7. The van der Waals surface area contributed by atoms with Crippen molar-refractivity contribution >= 4 is 16.6 Å². The number of hydrogen-bond donors (Lipinski definition) is 1. The number of aromatic nitrogens is 1. The van der Waals surface area contributed by atoms with Crippen LogP contribution in [0.25, 0.3) is 10.9 Å². The maximum atomic E-state index is 10.7. The molecular weight excluding hydrogens is 270 g/mol. The summed E-state index contributed by atoms with van der Waals surface area (Å²) in [5.41, 5.74) is 0.783. The first-order chi connectivity index (χ1) is 10.2. The predicted molar refractivity (Wildman–Crippen MR) is 79.5 cm³/mol. The Morgan fingerprint density at radius 2 is 2.29 bits per heavy atom. The summed E-state index contributed by atoms with van der Waals surface area (Å²) in [6.45, 7) is 2.72. The molecule has 1 fully saturated rings. The van der Waals surface area contributed by atoms with E-state index in [1.165, 1.54) is 25.0 Å². The van der Waals surface area contributed by atoms with Crippen LogP contribution >= 0.6 is 0 Å². The number of nitrogens with zero attached hydrogens (tertiary/aromatic N) is 2. The molecule has 110 valence electrons. The van der Waals surface area contributed by atoms with Crippen LogP contribution in [-0.2, 0) is 0 Å². The number of pyridine rings is 1. The number of benzene rings is 1. The summed E-state index contributed by atoms with van der Waals surface area (Å²) >= 11 is 0.